The van der Waals surface area contributed by atoms with Crippen LogP contribution in [0.3, 0.4) is 0 Å². The highest BCUT2D eigenvalue weighted by molar-refractivity contribution is 5.40. The Morgan fingerprint density at radius 1 is 1.26 bits per heavy atom. The van der Waals surface area contributed by atoms with Crippen LogP contribution in [-0.2, 0) is 6.54 Å². The van der Waals surface area contributed by atoms with E-state index in [1.54, 1.807) is 11.0 Å². The predicted octanol–water partition coefficient (Wildman–Crippen LogP) is 2.17. The van der Waals surface area contributed by atoms with E-state index in [1.165, 1.54) is 11.9 Å². The number of hydrogen-bond acceptors (Lipinski definition) is 4. The summed E-state index contributed by atoms with van der Waals surface area (Å²) in [4.78, 5) is 8.60. The minimum absolute atomic E-state index is 0.0664. The van der Waals surface area contributed by atoms with Gasteiger partial charge in [0.15, 0.2) is 5.82 Å². The van der Waals surface area contributed by atoms with Crippen molar-refractivity contribution >= 4 is 0 Å². The lowest BCUT2D eigenvalue weighted by atomic mass is 10.1. The summed E-state index contributed by atoms with van der Waals surface area (Å²) in [5.41, 5.74) is 3.43. The van der Waals surface area contributed by atoms with Crippen LogP contribution in [0.5, 0.6) is 0 Å². The first kappa shape index (κ1) is 13.7. The summed E-state index contributed by atoms with van der Waals surface area (Å²) in [5.74, 6) is 0.853. The van der Waals surface area contributed by atoms with Gasteiger partial charge in [-0.2, -0.15) is 5.10 Å². The second-order valence-electron chi connectivity index (χ2n) is 5.83. The summed E-state index contributed by atoms with van der Waals surface area (Å²) in [7, 11) is 0. The molecule has 102 valence electrons. The zero-order chi connectivity index (χ0) is 14.0. The number of nitrogens with one attached hydrogen (secondary N) is 1. The first-order valence-electron chi connectivity index (χ1n) is 6.44. The highest BCUT2D eigenvalue weighted by Gasteiger charge is 2.15. The molecule has 0 unspecified atom stereocenters. The van der Waals surface area contributed by atoms with Crippen molar-refractivity contribution in [1.82, 2.24) is 25.1 Å². The maximum Gasteiger partial charge on any atom is 0.160 e. The Morgan fingerprint density at radius 3 is 2.58 bits per heavy atom. The van der Waals surface area contributed by atoms with Crippen LogP contribution < -0.4 is 5.32 Å². The monoisotopic (exact) mass is 259 g/mol. The molecular weight excluding hydrogens is 238 g/mol. The number of rotatable bonds is 3. The third kappa shape index (κ3) is 3.38. The normalized spacial score (nSPS) is 11.8. The molecule has 2 heterocycles. The average molecular weight is 259 g/mol. The maximum absolute atomic E-state index is 4.60. The van der Waals surface area contributed by atoms with Gasteiger partial charge in [-0.05, 0) is 46.2 Å². The molecule has 2 aromatic rings. The molecule has 0 aliphatic carbocycles. The van der Waals surface area contributed by atoms with Gasteiger partial charge in [0.05, 0.1) is 0 Å². The van der Waals surface area contributed by atoms with Crippen LogP contribution in [0.1, 0.15) is 37.6 Å². The van der Waals surface area contributed by atoms with Crippen molar-refractivity contribution in [3.63, 3.8) is 0 Å². The van der Waals surface area contributed by atoms with Gasteiger partial charge in [0.1, 0.15) is 12.7 Å². The molecule has 0 saturated heterocycles. The second-order valence-corrected chi connectivity index (χ2v) is 5.83. The van der Waals surface area contributed by atoms with E-state index in [0.717, 1.165) is 23.6 Å². The first-order chi connectivity index (χ1) is 8.87. The van der Waals surface area contributed by atoms with Crippen LogP contribution in [-0.4, -0.2) is 25.3 Å². The second kappa shape index (κ2) is 5.09. The van der Waals surface area contributed by atoms with E-state index < -0.39 is 0 Å². The van der Waals surface area contributed by atoms with Crippen LogP contribution in [0.4, 0.5) is 0 Å². The van der Waals surface area contributed by atoms with E-state index in [-0.39, 0.29) is 5.54 Å². The molecule has 0 bridgehead atoms. The highest BCUT2D eigenvalue weighted by atomic mass is 15.3. The molecule has 0 saturated carbocycles. The Bertz CT molecular complexity index is 552. The van der Waals surface area contributed by atoms with Gasteiger partial charge in [-0.15, -0.1) is 0 Å². The summed E-state index contributed by atoms with van der Waals surface area (Å²) in [6.45, 7) is 11.3. The quantitative estimate of drug-likeness (QED) is 0.917. The minimum Gasteiger partial charge on any atom is -0.308 e. The van der Waals surface area contributed by atoms with Crippen molar-refractivity contribution in [3.05, 3.63) is 35.5 Å². The first-order valence-corrected chi connectivity index (χ1v) is 6.44. The van der Waals surface area contributed by atoms with Crippen LogP contribution in [0.25, 0.3) is 5.82 Å². The number of nitrogens with zero attached hydrogens (tertiary/aromatic N) is 4. The number of pyridine rings is 1. The topological polar surface area (TPSA) is 55.6 Å². The summed E-state index contributed by atoms with van der Waals surface area (Å²) >= 11 is 0. The Hall–Kier alpha value is -1.75. The van der Waals surface area contributed by atoms with Gasteiger partial charge >= 0.3 is 0 Å². The summed E-state index contributed by atoms with van der Waals surface area (Å²) in [6, 6.07) is 2.10. The largest absolute Gasteiger partial charge is 0.308 e. The molecule has 0 aliphatic rings. The van der Waals surface area contributed by atoms with Crippen molar-refractivity contribution in [2.75, 3.05) is 0 Å². The molecule has 19 heavy (non-hydrogen) atoms. The molecular formula is C14H21N5. The molecule has 0 aliphatic heterocycles. The SMILES string of the molecule is Cc1cc(C)c(CNC(C)(C)C)c(-n2cncn2)n1. The Morgan fingerprint density at radius 2 is 2.00 bits per heavy atom. The van der Waals surface area contributed by atoms with Gasteiger partial charge in [-0.3, -0.25) is 0 Å². The third-order valence-electron chi connectivity index (χ3n) is 2.88. The van der Waals surface area contributed by atoms with Gasteiger partial charge in [-0.1, -0.05) is 0 Å². The molecule has 1 N–H and O–H groups in total. The lowest BCUT2D eigenvalue weighted by Crippen LogP contribution is -2.35. The number of hydrogen-bond donors (Lipinski definition) is 1. The van der Waals surface area contributed by atoms with E-state index in [4.69, 9.17) is 0 Å². The van der Waals surface area contributed by atoms with Gasteiger partial charge in [0, 0.05) is 23.3 Å². The maximum atomic E-state index is 4.60. The fourth-order valence-electron chi connectivity index (χ4n) is 1.92. The minimum atomic E-state index is 0.0664. The van der Waals surface area contributed by atoms with Crippen LogP contribution in [0.2, 0.25) is 0 Å². The molecule has 2 aromatic heterocycles. The van der Waals surface area contributed by atoms with E-state index in [1.807, 2.05) is 6.92 Å². The fraction of sp³-hybridized carbons (Fsp3) is 0.500. The van der Waals surface area contributed by atoms with Crippen LogP contribution >= 0.6 is 0 Å². The Balaban J connectivity index is 2.41. The molecule has 0 amide bonds. The third-order valence-corrected chi connectivity index (χ3v) is 2.88. The van der Waals surface area contributed by atoms with Crippen molar-refractivity contribution < 1.29 is 0 Å². The van der Waals surface area contributed by atoms with Crippen LogP contribution in [0.15, 0.2) is 18.7 Å². The molecule has 5 heteroatoms. The lowest BCUT2D eigenvalue weighted by molar-refractivity contribution is 0.423. The lowest BCUT2D eigenvalue weighted by Gasteiger charge is -2.22. The van der Waals surface area contributed by atoms with Gasteiger partial charge in [-0.25, -0.2) is 14.6 Å². The van der Waals surface area contributed by atoms with E-state index in [0.29, 0.717) is 0 Å². The van der Waals surface area contributed by atoms with E-state index in [9.17, 15) is 0 Å². The van der Waals surface area contributed by atoms with Gasteiger partial charge < -0.3 is 5.32 Å². The Labute approximate surface area is 114 Å². The summed E-state index contributed by atoms with van der Waals surface area (Å²) in [6.07, 6.45) is 3.21. The van der Waals surface area contributed by atoms with Crippen molar-refractivity contribution in [3.8, 4) is 5.82 Å². The smallest absolute Gasteiger partial charge is 0.160 e. The average Bonchev–Trinajstić information content (AvgIpc) is 2.78. The molecule has 0 fully saturated rings. The fourth-order valence-corrected chi connectivity index (χ4v) is 1.92. The van der Waals surface area contributed by atoms with Crippen molar-refractivity contribution in [2.24, 2.45) is 0 Å². The standard InChI is InChI=1S/C14H21N5/c1-10-6-11(2)18-13(19-9-15-8-17-19)12(10)7-16-14(3,4)5/h6,8-9,16H,7H2,1-5H3. The van der Waals surface area contributed by atoms with Crippen molar-refractivity contribution in [1.29, 1.82) is 0 Å². The molecule has 0 spiro atoms. The van der Waals surface area contributed by atoms with E-state index in [2.05, 4.69) is 54.1 Å². The van der Waals surface area contributed by atoms with Gasteiger partial charge in [0.2, 0.25) is 0 Å². The zero-order valence-corrected chi connectivity index (χ0v) is 12.2. The molecule has 0 radical (unpaired) electrons. The number of aromatic nitrogens is 4. The molecule has 2 rings (SSSR count). The molecule has 0 atom stereocenters. The number of aryl methyl sites for hydroxylation is 2. The zero-order valence-electron chi connectivity index (χ0n) is 12.2. The highest BCUT2D eigenvalue weighted by Crippen LogP contribution is 2.18. The predicted molar refractivity (Wildman–Crippen MR) is 75.2 cm³/mol. The van der Waals surface area contributed by atoms with Crippen molar-refractivity contribution in [2.45, 2.75) is 46.7 Å². The molecule has 0 aromatic carbocycles. The summed E-state index contributed by atoms with van der Waals surface area (Å²) in [5, 5.41) is 7.69. The molecule has 5 nitrogen and oxygen atoms in total. The van der Waals surface area contributed by atoms with Gasteiger partial charge in [0.25, 0.3) is 0 Å². The summed E-state index contributed by atoms with van der Waals surface area (Å²) < 4.78 is 1.72. The Kier molecular flexibility index (Phi) is 3.66. The van der Waals surface area contributed by atoms with Crippen LogP contribution in [0, 0.1) is 13.8 Å². The van der Waals surface area contributed by atoms with E-state index >= 15 is 0 Å².